The number of benzene rings is 1. The summed E-state index contributed by atoms with van der Waals surface area (Å²) in [5, 5.41) is 0. The molecule has 2 aliphatic rings. The Morgan fingerprint density at radius 3 is 2.36 bits per heavy atom. The van der Waals surface area contributed by atoms with Crippen LogP contribution in [0.3, 0.4) is 0 Å². The van der Waals surface area contributed by atoms with Gasteiger partial charge in [-0.2, -0.15) is 4.31 Å². The Morgan fingerprint density at radius 2 is 1.68 bits per heavy atom. The lowest BCUT2D eigenvalue weighted by molar-refractivity contribution is 0.0730. The molecule has 2 saturated heterocycles. The van der Waals surface area contributed by atoms with Gasteiger partial charge in [0.15, 0.2) is 0 Å². The number of hydrogen-bond acceptors (Lipinski definition) is 5. The highest BCUT2D eigenvalue weighted by Gasteiger charge is 2.30. The predicted molar refractivity (Wildman–Crippen MR) is 86.5 cm³/mol. The lowest BCUT2D eigenvalue weighted by atomic mass is 10.1. The van der Waals surface area contributed by atoms with Crippen molar-refractivity contribution in [1.29, 1.82) is 0 Å². The maximum absolute atomic E-state index is 13.0. The van der Waals surface area contributed by atoms with Crippen LogP contribution in [-0.2, 0) is 14.8 Å². The van der Waals surface area contributed by atoms with Crippen LogP contribution in [0.2, 0.25) is 0 Å². The molecular formula is C15H23N3O3S. The van der Waals surface area contributed by atoms with Crippen molar-refractivity contribution in [3.8, 4) is 0 Å². The molecular weight excluding hydrogens is 302 g/mol. The van der Waals surface area contributed by atoms with Gasteiger partial charge in [-0.05, 0) is 37.5 Å². The molecule has 122 valence electrons. The standard InChI is InChI=1S/C15H23N3O3S/c16-13-4-5-14(17-6-2-1-3-7-17)15(12-13)22(19,20)18-8-10-21-11-9-18/h4-5,12H,1-3,6-11,16H2. The third kappa shape index (κ3) is 3.06. The van der Waals surface area contributed by atoms with Gasteiger partial charge in [0.25, 0.3) is 0 Å². The van der Waals surface area contributed by atoms with Crippen LogP contribution in [0, 0.1) is 0 Å². The van der Waals surface area contributed by atoms with Gasteiger partial charge < -0.3 is 15.4 Å². The van der Waals surface area contributed by atoms with E-state index in [0.717, 1.165) is 31.6 Å². The van der Waals surface area contributed by atoms with Crippen molar-refractivity contribution in [2.75, 3.05) is 50.0 Å². The first-order valence-electron chi connectivity index (χ1n) is 7.81. The van der Waals surface area contributed by atoms with Gasteiger partial charge in [-0.15, -0.1) is 0 Å². The number of hydrogen-bond donors (Lipinski definition) is 1. The largest absolute Gasteiger partial charge is 0.399 e. The van der Waals surface area contributed by atoms with Crippen LogP contribution in [0.5, 0.6) is 0 Å². The van der Waals surface area contributed by atoms with Gasteiger partial charge in [0.2, 0.25) is 10.0 Å². The highest BCUT2D eigenvalue weighted by atomic mass is 32.2. The molecule has 7 heteroatoms. The summed E-state index contributed by atoms with van der Waals surface area (Å²) in [5.74, 6) is 0. The van der Waals surface area contributed by atoms with Crippen molar-refractivity contribution < 1.29 is 13.2 Å². The monoisotopic (exact) mass is 325 g/mol. The van der Waals surface area contributed by atoms with E-state index in [0.29, 0.717) is 36.9 Å². The number of anilines is 2. The summed E-state index contributed by atoms with van der Waals surface area (Å²) >= 11 is 0. The number of nitrogens with two attached hydrogens (primary N) is 1. The first-order chi connectivity index (χ1) is 10.6. The van der Waals surface area contributed by atoms with Crippen LogP contribution in [-0.4, -0.2) is 52.1 Å². The smallest absolute Gasteiger partial charge is 0.245 e. The van der Waals surface area contributed by atoms with Crippen LogP contribution in [0.4, 0.5) is 11.4 Å². The van der Waals surface area contributed by atoms with E-state index in [1.807, 2.05) is 6.07 Å². The minimum atomic E-state index is -3.53. The van der Waals surface area contributed by atoms with Gasteiger partial charge in [0.1, 0.15) is 4.90 Å². The highest BCUT2D eigenvalue weighted by Crippen LogP contribution is 2.32. The van der Waals surface area contributed by atoms with Crippen molar-refractivity contribution in [3.63, 3.8) is 0 Å². The molecule has 0 atom stereocenters. The van der Waals surface area contributed by atoms with Gasteiger partial charge in [0, 0.05) is 31.9 Å². The number of nitrogens with zero attached hydrogens (tertiary/aromatic N) is 2. The molecule has 0 spiro atoms. The molecule has 0 bridgehead atoms. The Bertz CT molecular complexity index is 621. The first-order valence-corrected chi connectivity index (χ1v) is 9.25. The number of nitrogen functional groups attached to an aromatic ring is 1. The molecule has 22 heavy (non-hydrogen) atoms. The van der Waals surface area contributed by atoms with E-state index in [-0.39, 0.29) is 0 Å². The Kier molecular flexibility index (Phi) is 4.56. The fraction of sp³-hybridized carbons (Fsp3) is 0.600. The van der Waals surface area contributed by atoms with Gasteiger partial charge in [-0.1, -0.05) is 0 Å². The normalized spacial score (nSPS) is 21.0. The van der Waals surface area contributed by atoms with E-state index in [2.05, 4.69) is 4.90 Å². The second-order valence-electron chi connectivity index (χ2n) is 5.79. The van der Waals surface area contributed by atoms with Crippen LogP contribution >= 0.6 is 0 Å². The number of sulfonamides is 1. The first kappa shape index (κ1) is 15.6. The molecule has 1 aromatic rings. The van der Waals surface area contributed by atoms with Crippen LogP contribution in [0.15, 0.2) is 23.1 Å². The molecule has 3 rings (SSSR count). The predicted octanol–water partition coefficient (Wildman–Crippen LogP) is 1.28. The Labute approximate surface area is 131 Å². The van der Waals surface area contributed by atoms with Crippen molar-refractivity contribution in [2.24, 2.45) is 0 Å². The quantitative estimate of drug-likeness (QED) is 0.847. The SMILES string of the molecule is Nc1ccc(N2CCCCC2)c(S(=O)(=O)N2CCOCC2)c1. The Balaban J connectivity index is 1.98. The molecule has 0 radical (unpaired) electrons. The zero-order valence-electron chi connectivity index (χ0n) is 12.7. The second-order valence-corrected chi connectivity index (χ2v) is 7.70. The van der Waals surface area contributed by atoms with E-state index in [1.54, 1.807) is 12.1 Å². The van der Waals surface area contributed by atoms with Gasteiger partial charge in [0.05, 0.1) is 18.9 Å². The van der Waals surface area contributed by atoms with Crippen LogP contribution in [0.25, 0.3) is 0 Å². The van der Waals surface area contributed by atoms with Crippen molar-refractivity contribution >= 4 is 21.4 Å². The lowest BCUT2D eigenvalue weighted by Crippen LogP contribution is -2.41. The molecule has 0 unspecified atom stereocenters. The summed E-state index contributed by atoms with van der Waals surface area (Å²) in [4.78, 5) is 2.49. The molecule has 2 aliphatic heterocycles. The van der Waals surface area contributed by atoms with E-state index in [4.69, 9.17) is 10.5 Å². The number of morpholine rings is 1. The van der Waals surface area contributed by atoms with Crippen molar-refractivity contribution in [3.05, 3.63) is 18.2 Å². The van der Waals surface area contributed by atoms with E-state index < -0.39 is 10.0 Å². The summed E-state index contributed by atoms with van der Waals surface area (Å²) < 4.78 is 32.7. The minimum absolute atomic E-state index is 0.330. The van der Waals surface area contributed by atoms with Crippen LogP contribution in [0.1, 0.15) is 19.3 Å². The fourth-order valence-electron chi connectivity index (χ4n) is 3.06. The van der Waals surface area contributed by atoms with E-state index >= 15 is 0 Å². The average Bonchev–Trinajstić information content (AvgIpc) is 2.56. The third-order valence-electron chi connectivity index (χ3n) is 4.27. The maximum Gasteiger partial charge on any atom is 0.245 e. The Morgan fingerprint density at radius 1 is 1.00 bits per heavy atom. The molecule has 2 fully saturated rings. The molecule has 6 nitrogen and oxygen atoms in total. The molecule has 2 N–H and O–H groups in total. The third-order valence-corrected chi connectivity index (χ3v) is 6.20. The topological polar surface area (TPSA) is 75.9 Å². The number of rotatable bonds is 3. The fourth-order valence-corrected chi connectivity index (χ4v) is 4.71. The van der Waals surface area contributed by atoms with E-state index in [1.165, 1.54) is 10.7 Å². The Hall–Kier alpha value is -1.31. The minimum Gasteiger partial charge on any atom is -0.399 e. The zero-order chi connectivity index (χ0) is 15.6. The molecule has 0 aliphatic carbocycles. The maximum atomic E-state index is 13.0. The molecule has 0 aromatic heterocycles. The van der Waals surface area contributed by atoms with Gasteiger partial charge in [-0.25, -0.2) is 8.42 Å². The number of ether oxygens (including phenoxy) is 1. The summed E-state index contributed by atoms with van der Waals surface area (Å²) in [5.41, 5.74) is 7.11. The zero-order valence-corrected chi connectivity index (χ0v) is 13.5. The molecule has 2 heterocycles. The van der Waals surface area contributed by atoms with E-state index in [9.17, 15) is 8.42 Å². The average molecular weight is 325 g/mol. The number of piperidine rings is 1. The lowest BCUT2D eigenvalue weighted by Gasteiger charge is -2.32. The van der Waals surface area contributed by atoms with Crippen LogP contribution < -0.4 is 10.6 Å². The highest BCUT2D eigenvalue weighted by molar-refractivity contribution is 7.89. The summed E-state index contributed by atoms with van der Waals surface area (Å²) in [7, 11) is -3.53. The summed E-state index contributed by atoms with van der Waals surface area (Å²) in [6.07, 6.45) is 3.40. The molecule has 0 amide bonds. The van der Waals surface area contributed by atoms with Gasteiger partial charge in [-0.3, -0.25) is 0 Å². The molecule has 1 aromatic carbocycles. The summed E-state index contributed by atoms with van der Waals surface area (Å²) in [6.45, 7) is 3.49. The van der Waals surface area contributed by atoms with Gasteiger partial charge >= 0.3 is 0 Å². The molecule has 0 saturated carbocycles. The van der Waals surface area contributed by atoms with Crippen molar-refractivity contribution in [2.45, 2.75) is 24.2 Å². The second kappa shape index (κ2) is 6.44. The summed E-state index contributed by atoms with van der Waals surface area (Å²) in [6, 6.07) is 5.21. The van der Waals surface area contributed by atoms with Crippen molar-refractivity contribution in [1.82, 2.24) is 4.31 Å².